The van der Waals surface area contributed by atoms with Gasteiger partial charge >= 0.3 is 0 Å². The topological polar surface area (TPSA) is 75.6 Å². The van der Waals surface area contributed by atoms with Gasteiger partial charge < -0.3 is 15.2 Å². The monoisotopic (exact) mass is 315 g/mol. The van der Waals surface area contributed by atoms with Gasteiger partial charge in [0.1, 0.15) is 0 Å². The van der Waals surface area contributed by atoms with Crippen molar-refractivity contribution in [1.82, 2.24) is 5.32 Å². The van der Waals surface area contributed by atoms with Crippen LogP contribution in [0.3, 0.4) is 0 Å². The number of nitrogens with one attached hydrogen (secondary N) is 1. The van der Waals surface area contributed by atoms with Crippen molar-refractivity contribution in [2.45, 2.75) is 39.0 Å². The van der Waals surface area contributed by atoms with Crippen molar-refractivity contribution in [3.8, 4) is 11.5 Å². The molecule has 0 fully saturated rings. The van der Waals surface area contributed by atoms with Gasteiger partial charge in [0.25, 0.3) is 0 Å². The predicted molar refractivity (Wildman–Crippen MR) is 85.2 cm³/mol. The van der Waals surface area contributed by atoms with Crippen molar-refractivity contribution < 1.29 is 19.4 Å². The van der Waals surface area contributed by atoms with Gasteiger partial charge in [0, 0.05) is 30.0 Å². The second-order valence-electron chi connectivity index (χ2n) is 7.07. The fourth-order valence-electron chi connectivity index (χ4n) is 3.55. The molecule has 5 nitrogen and oxygen atoms in total. The smallest absolute Gasteiger partial charge is 0.225 e. The molecular formula is C18H21NO4. The zero-order chi connectivity index (χ0) is 16.8. The van der Waals surface area contributed by atoms with Crippen LogP contribution in [-0.2, 0) is 9.59 Å². The lowest BCUT2D eigenvalue weighted by molar-refractivity contribution is -0.122. The molecule has 1 aromatic rings. The Balaban J connectivity index is 2.08. The minimum absolute atomic E-state index is 0.0434. The molecule has 0 saturated heterocycles. The Kier molecular flexibility index (Phi) is 3.66. The normalized spacial score (nSPS) is 23.3. The van der Waals surface area contributed by atoms with Crippen LogP contribution in [0.15, 0.2) is 29.5 Å². The van der Waals surface area contributed by atoms with Gasteiger partial charge in [-0.05, 0) is 29.5 Å². The van der Waals surface area contributed by atoms with E-state index < -0.39 is 0 Å². The number of hydrogen-bond donors (Lipinski definition) is 2. The molecule has 1 aliphatic heterocycles. The summed E-state index contributed by atoms with van der Waals surface area (Å²) in [6.07, 6.45) is 1.40. The number of allylic oxidation sites excluding steroid dienone is 2. The highest BCUT2D eigenvalue weighted by Gasteiger charge is 2.40. The third-order valence-corrected chi connectivity index (χ3v) is 4.55. The van der Waals surface area contributed by atoms with Crippen molar-refractivity contribution in [3.63, 3.8) is 0 Å². The van der Waals surface area contributed by atoms with Crippen LogP contribution in [0.5, 0.6) is 11.5 Å². The van der Waals surface area contributed by atoms with E-state index in [0.717, 1.165) is 11.3 Å². The number of hydrogen-bond acceptors (Lipinski definition) is 4. The Bertz CT molecular complexity index is 718. The lowest BCUT2D eigenvalue weighted by Gasteiger charge is -2.37. The van der Waals surface area contributed by atoms with E-state index in [-0.39, 0.29) is 35.2 Å². The number of amides is 1. The average molecular weight is 315 g/mol. The van der Waals surface area contributed by atoms with Crippen LogP contribution < -0.4 is 10.1 Å². The van der Waals surface area contributed by atoms with Crippen LogP contribution in [0, 0.1) is 5.41 Å². The van der Waals surface area contributed by atoms with Gasteiger partial charge in [-0.1, -0.05) is 19.9 Å². The van der Waals surface area contributed by atoms with Gasteiger partial charge in [-0.2, -0.15) is 0 Å². The Labute approximate surface area is 135 Å². The summed E-state index contributed by atoms with van der Waals surface area (Å²) < 4.78 is 5.15. The van der Waals surface area contributed by atoms with E-state index in [2.05, 4.69) is 5.32 Å². The van der Waals surface area contributed by atoms with Crippen molar-refractivity contribution in [1.29, 1.82) is 0 Å². The van der Waals surface area contributed by atoms with Crippen LogP contribution in [0.1, 0.15) is 44.6 Å². The summed E-state index contributed by atoms with van der Waals surface area (Å²) in [4.78, 5) is 24.8. The zero-order valence-electron chi connectivity index (χ0n) is 13.6. The van der Waals surface area contributed by atoms with Gasteiger partial charge in [0.2, 0.25) is 5.91 Å². The van der Waals surface area contributed by atoms with E-state index in [1.54, 1.807) is 12.1 Å². The van der Waals surface area contributed by atoms with Crippen molar-refractivity contribution in [2.24, 2.45) is 5.41 Å². The van der Waals surface area contributed by atoms with E-state index in [4.69, 9.17) is 4.74 Å². The quantitative estimate of drug-likeness (QED) is 0.880. The summed E-state index contributed by atoms with van der Waals surface area (Å²) in [5, 5.41) is 12.6. The highest BCUT2D eigenvalue weighted by atomic mass is 16.5. The first-order valence-corrected chi connectivity index (χ1v) is 7.74. The molecule has 1 aromatic carbocycles. The predicted octanol–water partition coefficient (Wildman–Crippen LogP) is 2.65. The number of benzene rings is 1. The van der Waals surface area contributed by atoms with Crippen LogP contribution in [0.4, 0.5) is 0 Å². The van der Waals surface area contributed by atoms with Gasteiger partial charge in [-0.25, -0.2) is 0 Å². The lowest BCUT2D eigenvalue weighted by Crippen LogP contribution is -2.40. The Hall–Kier alpha value is -2.30. The van der Waals surface area contributed by atoms with Crippen LogP contribution in [0.25, 0.3) is 0 Å². The first-order chi connectivity index (χ1) is 10.8. The van der Waals surface area contributed by atoms with Crippen molar-refractivity contribution >= 4 is 11.7 Å². The van der Waals surface area contributed by atoms with Gasteiger partial charge in [-0.15, -0.1) is 0 Å². The molecule has 122 valence electrons. The molecule has 2 N–H and O–H groups in total. The summed E-state index contributed by atoms with van der Waals surface area (Å²) in [5.74, 6) is 0.123. The van der Waals surface area contributed by atoms with E-state index in [1.807, 2.05) is 13.8 Å². The molecule has 1 amide bonds. The highest BCUT2D eigenvalue weighted by molar-refractivity contribution is 6.02. The molecule has 0 spiro atoms. The largest absolute Gasteiger partial charge is 0.504 e. The summed E-state index contributed by atoms with van der Waals surface area (Å²) in [6, 6.07) is 4.99. The highest BCUT2D eigenvalue weighted by Crippen LogP contribution is 2.44. The molecule has 0 radical (unpaired) electrons. The van der Waals surface area contributed by atoms with Crippen molar-refractivity contribution in [3.05, 3.63) is 35.0 Å². The number of ether oxygens (including phenoxy) is 1. The number of ketones is 1. The van der Waals surface area contributed by atoms with E-state index in [0.29, 0.717) is 24.2 Å². The summed E-state index contributed by atoms with van der Waals surface area (Å²) >= 11 is 0. The standard InChI is InChI=1S/C18H21NO4/c1-18(2)8-12-17(14(21)9-18)11(7-16(22)19-12)10-4-5-13(20)15(6-10)23-3/h4-6,11,20H,7-9H2,1-3H3,(H,19,22)/t11-/m0/s1. The van der Waals surface area contributed by atoms with Crippen LogP contribution in [0.2, 0.25) is 0 Å². The minimum atomic E-state index is -0.281. The summed E-state index contributed by atoms with van der Waals surface area (Å²) in [7, 11) is 1.48. The molecule has 5 heteroatoms. The van der Waals surface area contributed by atoms with Crippen LogP contribution >= 0.6 is 0 Å². The lowest BCUT2D eigenvalue weighted by atomic mass is 9.70. The second-order valence-corrected chi connectivity index (χ2v) is 7.07. The maximum atomic E-state index is 12.7. The number of carbonyl (C=O) groups excluding carboxylic acids is 2. The number of carbonyl (C=O) groups is 2. The molecule has 0 saturated carbocycles. The maximum Gasteiger partial charge on any atom is 0.225 e. The molecule has 3 rings (SSSR count). The van der Waals surface area contributed by atoms with Gasteiger partial charge in [-0.3, -0.25) is 9.59 Å². The first-order valence-electron chi connectivity index (χ1n) is 7.74. The average Bonchev–Trinajstić information content (AvgIpc) is 2.45. The summed E-state index contributed by atoms with van der Waals surface area (Å²) in [6.45, 7) is 4.07. The number of Topliss-reactive ketones (excluding diaryl/α,β-unsaturated/α-hetero) is 1. The molecule has 0 bridgehead atoms. The first kappa shape index (κ1) is 15.6. The summed E-state index contributed by atoms with van der Waals surface area (Å²) in [5.41, 5.74) is 2.13. The minimum Gasteiger partial charge on any atom is -0.504 e. The van der Waals surface area contributed by atoms with Crippen molar-refractivity contribution in [2.75, 3.05) is 7.11 Å². The molecule has 1 heterocycles. The van der Waals surface area contributed by atoms with Crippen LogP contribution in [-0.4, -0.2) is 23.9 Å². The van der Waals surface area contributed by atoms with E-state index in [9.17, 15) is 14.7 Å². The van der Waals surface area contributed by atoms with E-state index in [1.165, 1.54) is 13.2 Å². The number of rotatable bonds is 2. The van der Waals surface area contributed by atoms with Gasteiger partial charge in [0.15, 0.2) is 17.3 Å². The molecule has 0 aromatic heterocycles. The Morgan fingerprint density at radius 3 is 2.70 bits per heavy atom. The third kappa shape index (κ3) is 2.83. The van der Waals surface area contributed by atoms with Gasteiger partial charge in [0.05, 0.1) is 7.11 Å². The Morgan fingerprint density at radius 2 is 2.00 bits per heavy atom. The molecule has 0 unspecified atom stereocenters. The number of methoxy groups -OCH3 is 1. The second kappa shape index (κ2) is 5.41. The fourth-order valence-corrected chi connectivity index (χ4v) is 3.55. The molecule has 2 aliphatic rings. The Morgan fingerprint density at radius 1 is 1.26 bits per heavy atom. The number of phenols is 1. The SMILES string of the molecule is COc1cc([C@@H]2CC(=O)NC3=C2C(=O)CC(C)(C)C3)ccc1O. The number of phenolic OH excluding ortho intramolecular Hbond substituents is 1. The third-order valence-electron chi connectivity index (χ3n) is 4.55. The number of aromatic hydroxyl groups is 1. The molecular weight excluding hydrogens is 294 g/mol. The zero-order valence-corrected chi connectivity index (χ0v) is 13.6. The maximum absolute atomic E-state index is 12.7. The molecule has 1 aliphatic carbocycles. The molecule has 1 atom stereocenters. The van der Waals surface area contributed by atoms with E-state index >= 15 is 0 Å². The molecule has 23 heavy (non-hydrogen) atoms. The fraction of sp³-hybridized carbons (Fsp3) is 0.444.